The summed E-state index contributed by atoms with van der Waals surface area (Å²) in [6.07, 6.45) is 0.370. The molecule has 10 heteroatoms. The van der Waals surface area contributed by atoms with Crippen molar-refractivity contribution in [2.45, 2.75) is 26.3 Å². The Kier molecular flexibility index (Phi) is 6.81. The first-order valence-corrected chi connectivity index (χ1v) is 11.3. The molecule has 1 aromatic heterocycles. The van der Waals surface area contributed by atoms with Crippen LogP contribution in [0.2, 0.25) is 0 Å². The summed E-state index contributed by atoms with van der Waals surface area (Å²) in [7, 11) is 0. The van der Waals surface area contributed by atoms with Crippen molar-refractivity contribution >= 4 is 29.0 Å². The molecule has 3 N–H and O–H groups in total. The summed E-state index contributed by atoms with van der Waals surface area (Å²) in [5, 5.41) is 0. The molecule has 1 aliphatic heterocycles. The van der Waals surface area contributed by atoms with E-state index in [1.54, 1.807) is 6.07 Å². The Morgan fingerprint density at radius 2 is 1.80 bits per heavy atom. The molecule has 1 saturated heterocycles. The minimum absolute atomic E-state index is 0.0275. The summed E-state index contributed by atoms with van der Waals surface area (Å²) in [6.45, 7) is 2.06. The minimum atomic E-state index is -0.804. The molecular formula is C25H26FN5O4. The maximum Gasteiger partial charge on any atom is 0.330 e. The largest absolute Gasteiger partial charge is 0.383 e. The molecule has 3 aromatic rings. The lowest BCUT2D eigenvalue weighted by molar-refractivity contribution is -0.124. The van der Waals surface area contributed by atoms with E-state index in [1.165, 1.54) is 32.6 Å². The Labute approximate surface area is 200 Å². The van der Waals surface area contributed by atoms with Crippen LogP contribution >= 0.6 is 0 Å². The van der Waals surface area contributed by atoms with Crippen molar-refractivity contribution in [1.29, 1.82) is 0 Å². The first kappa shape index (κ1) is 23.9. The van der Waals surface area contributed by atoms with Gasteiger partial charge in [0.2, 0.25) is 11.8 Å². The predicted octanol–water partition coefficient (Wildman–Crippen LogP) is 2.10. The maximum atomic E-state index is 14.3. The van der Waals surface area contributed by atoms with Gasteiger partial charge in [-0.15, -0.1) is 0 Å². The van der Waals surface area contributed by atoms with E-state index in [4.69, 9.17) is 5.73 Å². The molecule has 0 aliphatic carbocycles. The normalized spacial score (nSPS) is 15.4. The number of para-hydroxylation sites is 1. The van der Waals surface area contributed by atoms with Gasteiger partial charge in [-0.1, -0.05) is 49.4 Å². The van der Waals surface area contributed by atoms with Crippen molar-refractivity contribution in [1.82, 2.24) is 9.55 Å². The van der Waals surface area contributed by atoms with E-state index in [-0.39, 0.29) is 49.2 Å². The number of halogens is 1. The zero-order valence-corrected chi connectivity index (χ0v) is 19.2. The lowest BCUT2D eigenvalue weighted by Gasteiger charge is -2.26. The van der Waals surface area contributed by atoms with Gasteiger partial charge in [0.15, 0.2) is 5.69 Å². The van der Waals surface area contributed by atoms with Crippen molar-refractivity contribution in [2.24, 2.45) is 5.92 Å². The molecule has 1 atom stereocenters. The molecular weight excluding hydrogens is 453 g/mol. The number of aromatic amines is 1. The number of anilines is 3. The van der Waals surface area contributed by atoms with E-state index >= 15 is 0 Å². The number of nitrogens with zero attached hydrogens (tertiary/aromatic N) is 3. The first-order valence-electron chi connectivity index (χ1n) is 11.3. The third kappa shape index (κ3) is 4.72. The zero-order valence-electron chi connectivity index (χ0n) is 19.2. The first-order chi connectivity index (χ1) is 16.8. The van der Waals surface area contributed by atoms with Gasteiger partial charge in [0.1, 0.15) is 11.6 Å². The summed E-state index contributed by atoms with van der Waals surface area (Å²) in [5.41, 5.74) is 5.57. The molecule has 4 rings (SSSR count). The quantitative estimate of drug-likeness (QED) is 0.538. The highest BCUT2D eigenvalue weighted by Crippen LogP contribution is 2.30. The molecule has 0 unspecified atom stereocenters. The van der Waals surface area contributed by atoms with Gasteiger partial charge in [0.05, 0.1) is 18.2 Å². The molecule has 0 spiro atoms. The van der Waals surface area contributed by atoms with Crippen LogP contribution in [0.25, 0.3) is 0 Å². The average molecular weight is 480 g/mol. The maximum absolute atomic E-state index is 14.3. The molecule has 9 nitrogen and oxygen atoms in total. The van der Waals surface area contributed by atoms with E-state index in [9.17, 15) is 23.6 Å². The van der Waals surface area contributed by atoms with Crippen molar-refractivity contribution in [3.8, 4) is 0 Å². The molecule has 2 aromatic carbocycles. The number of nitrogens with two attached hydrogens (primary N) is 1. The van der Waals surface area contributed by atoms with Gasteiger partial charge in [-0.2, -0.15) is 0 Å². The van der Waals surface area contributed by atoms with Crippen LogP contribution in [0.4, 0.5) is 21.6 Å². The van der Waals surface area contributed by atoms with Gasteiger partial charge < -0.3 is 15.5 Å². The smallest absolute Gasteiger partial charge is 0.330 e. The Bertz CT molecular complexity index is 1370. The number of benzene rings is 2. The van der Waals surface area contributed by atoms with Gasteiger partial charge in [0.25, 0.3) is 5.56 Å². The standard InChI is InChI=1S/C25H26FN5O4/c1-2-12-29(24(34)17-13-20(32)30(15-17)19-11-7-6-10-18(19)26)21-22(27)31(25(35)28-23(21)33)14-16-8-4-3-5-9-16/h3-11,17H,2,12-15,27H2,1H3,(H,28,33,35)/t17-/m1/s1. The molecule has 2 heterocycles. The second-order valence-corrected chi connectivity index (χ2v) is 8.41. The highest BCUT2D eigenvalue weighted by Gasteiger charge is 2.39. The predicted molar refractivity (Wildman–Crippen MR) is 131 cm³/mol. The number of carbonyl (C=O) groups excluding carboxylic acids is 2. The van der Waals surface area contributed by atoms with Crippen LogP contribution in [0, 0.1) is 11.7 Å². The highest BCUT2D eigenvalue weighted by atomic mass is 19.1. The number of H-pyrrole nitrogens is 1. The van der Waals surface area contributed by atoms with Gasteiger partial charge >= 0.3 is 5.69 Å². The van der Waals surface area contributed by atoms with Crippen LogP contribution in [0.5, 0.6) is 0 Å². The molecule has 0 bridgehead atoms. The van der Waals surface area contributed by atoms with Gasteiger partial charge in [-0.25, -0.2) is 9.18 Å². The number of rotatable bonds is 7. The van der Waals surface area contributed by atoms with E-state index in [1.807, 2.05) is 37.3 Å². The Morgan fingerprint density at radius 1 is 1.11 bits per heavy atom. The van der Waals surface area contributed by atoms with Crippen molar-refractivity contribution in [2.75, 3.05) is 28.6 Å². The minimum Gasteiger partial charge on any atom is -0.383 e. The summed E-state index contributed by atoms with van der Waals surface area (Å²) < 4.78 is 15.5. The molecule has 2 amide bonds. The summed E-state index contributed by atoms with van der Waals surface area (Å²) >= 11 is 0. The fourth-order valence-corrected chi connectivity index (χ4v) is 4.31. The number of carbonyl (C=O) groups is 2. The van der Waals surface area contributed by atoms with Crippen LogP contribution in [0.1, 0.15) is 25.3 Å². The summed E-state index contributed by atoms with van der Waals surface area (Å²) in [6, 6.07) is 14.9. The van der Waals surface area contributed by atoms with E-state index in [0.29, 0.717) is 6.42 Å². The van der Waals surface area contributed by atoms with Gasteiger partial charge in [-0.05, 0) is 24.1 Å². The molecule has 35 heavy (non-hydrogen) atoms. The van der Waals surface area contributed by atoms with E-state index in [2.05, 4.69) is 4.98 Å². The van der Waals surface area contributed by atoms with Crippen LogP contribution in [0.15, 0.2) is 64.2 Å². The average Bonchev–Trinajstić information content (AvgIpc) is 3.23. The monoisotopic (exact) mass is 479 g/mol. The van der Waals surface area contributed by atoms with Crippen molar-refractivity contribution < 1.29 is 14.0 Å². The number of nitrogen functional groups attached to an aromatic ring is 1. The summed E-state index contributed by atoms with van der Waals surface area (Å²) in [4.78, 5) is 56.3. The van der Waals surface area contributed by atoms with Crippen LogP contribution in [-0.2, 0) is 16.1 Å². The molecule has 1 fully saturated rings. The second-order valence-electron chi connectivity index (χ2n) is 8.41. The lowest BCUT2D eigenvalue weighted by Crippen LogP contribution is -2.44. The number of nitrogens with one attached hydrogen (secondary N) is 1. The molecule has 1 aliphatic rings. The summed E-state index contributed by atoms with van der Waals surface area (Å²) in [5.74, 6) is -2.38. The van der Waals surface area contributed by atoms with Gasteiger partial charge in [0, 0.05) is 19.5 Å². The van der Waals surface area contributed by atoms with Crippen molar-refractivity contribution in [3.63, 3.8) is 0 Å². The highest BCUT2D eigenvalue weighted by molar-refractivity contribution is 6.05. The number of hydrogen-bond donors (Lipinski definition) is 2. The van der Waals surface area contributed by atoms with Crippen LogP contribution in [-0.4, -0.2) is 34.5 Å². The Morgan fingerprint density at radius 3 is 2.49 bits per heavy atom. The molecule has 0 saturated carbocycles. The SMILES string of the molecule is CCCN(C(=O)[C@@H]1CC(=O)N(c2ccccc2F)C1)c1c(N)n(Cc2ccccc2)c(=O)[nH]c1=O. The Balaban J connectivity index is 1.68. The number of aromatic nitrogens is 2. The van der Waals surface area contributed by atoms with Crippen molar-refractivity contribution in [3.05, 3.63) is 86.8 Å². The van der Waals surface area contributed by atoms with Crippen LogP contribution in [0.3, 0.4) is 0 Å². The molecule has 0 radical (unpaired) electrons. The second kappa shape index (κ2) is 9.96. The third-order valence-electron chi connectivity index (χ3n) is 6.00. The third-order valence-corrected chi connectivity index (χ3v) is 6.00. The number of amides is 2. The topological polar surface area (TPSA) is 121 Å². The van der Waals surface area contributed by atoms with Gasteiger partial charge in [-0.3, -0.25) is 23.9 Å². The lowest BCUT2D eigenvalue weighted by atomic mass is 10.1. The fraction of sp³-hybridized carbons (Fsp3) is 0.280. The Hall–Kier alpha value is -4.21. The molecule has 182 valence electrons. The van der Waals surface area contributed by atoms with E-state index < -0.39 is 28.9 Å². The van der Waals surface area contributed by atoms with E-state index in [0.717, 1.165) is 5.56 Å². The number of hydrogen-bond acceptors (Lipinski definition) is 5. The fourth-order valence-electron chi connectivity index (χ4n) is 4.31. The van der Waals surface area contributed by atoms with Crippen LogP contribution < -0.4 is 26.8 Å². The zero-order chi connectivity index (χ0) is 25.1.